The Morgan fingerprint density at radius 1 is 0.941 bits per heavy atom. The third-order valence-electron chi connectivity index (χ3n) is 0.935. The zero-order valence-electron chi connectivity index (χ0n) is 12.0. The molecule has 0 N–H and O–H groups in total. The summed E-state index contributed by atoms with van der Waals surface area (Å²) in [5.74, 6) is 0.910. The summed E-state index contributed by atoms with van der Waals surface area (Å²) >= 11 is 4.74. The molecular weight excluding hydrogens is 477 g/mol. The molecule has 1 rings (SSSR count). The van der Waals surface area contributed by atoms with Crippen LogP contribution >= 0.6 is 40.0 Å². The third kappa shape index (κ3) is 31.7. The van der Waals surface area contributed by atoms with Gasteiger partial charge in [0.2, 0.25) is 0 Å². The Labute approximate surface area is 137 Å². The minimum absolute atomic E-state index is 0.628. The molecule has 0 aliphatic heterocycles. The normalized spacial score (nSPS) is 6.18. The van der Waals surface area contributed by atoms with Gasteiger partial charge in [0.15, 0.2) is 0 Å². The van der Waals surface area contributed by atoms with E-state index in [0.29, 0.717) is 9.47 Å². The SMILES string of the molecule is CC.CC.CC.CCc1ncccn1.[I][V][I]. The van der Waals surface area contributed by atoms with E-state index in [2.05, 4.69) is 49.9 Å². The van der Waals surface area contributed by atoms with E-state index < -0.39 is 0 Å². The molecule has 2 nitrogen and oxygen atoms in total. The average molecular weight is 503 g/mol. The van der Waals surface area contributed by atoms with Gasteiger partial charge in [0.25, 0.3) is 0 Å². The second kappa shape index (κ2) is 36.0. The fourth-order valence-electron chi connectivity index (χ4n) is 0.513. The van der Waals surface area contributed by atoms with Crippen molar-refractivity contribution in [2.75, 3.05) is 0 Å². The maximum atomic E-state index is 3.99. The number of aryl methyl sites for hydroxylation is 1. The van der Waals surface area contributed by atoms with Gasteiger partial charge in [0, 0.05) is 18.8 Å². The summed E-state index contributed by atoms with van der Waals surface area (Å²) in [5, 5.41) is 0. The molecule has 1 heterocycles. The monoisotopic (exact) mass is 503 g/mol. The van der Waals surface area contributed by atoms with Gasteiger partial charge >= 0.3 is 49.4 Å². The maximum absolute atomic E-state index is 3.99. The summed E-state index contributed by atoms with van der Waals surface area (Å²) in [6.45, 7) is 14.0. The van der Waals surface area contributed by atoms with Crippen molar-refractivity contribution in [3.05, 3.63) is 24.3 Å². The molecule has 0 aliphatic rings. The van der Waals surface area contributed by atoms with E-state index in [4.69, 9.17) is 0 Å². The Balaban J connectivity index is -0.0000000801. The van der Waals surface area contributed by atoms with E-state index in [1.54, 1.807) is 12.4 Å². The number of hydrogen-bond acceptors (Lipinski definition) is 2. The van der Waals surface area contributed by atoms with E-state index >= 15 is 0 Å². The van der Waals surface area contributed by atoms with E-state index in [-0.39, 0.29) is 0 Å². The molecule has 0 unspecified atom stereocenters. The first-order valence-electron chi connectivity index (χ1n) is 6.03. The molecule has 17 heavy (non-hydrogen) atoms. The van der Waals surface area contributed by atoms with Gasteiger partial charge in [0.1, 0.15) is 5.82 Å². The van der Waals surface area contributed by atoms with Crippen LogP contribution in [0.25, 0.3) is 0 Å². The number of rotatable bonds is 1. The molecule has 0 aromatic carbocycles. The minimum atomic E-state index is 0.628. The standard InChI is InChI=1S/C6H8N2.3C2H6.2HI.V/c1-2-6-7-4-3-5-8-6;3*1-2;;;/h3-5H,2H2,1H3;3*1-2H3;2*1H;/q;;;;;;+2/p-2. The van der Waals surface area contributed by atoms with E-state index in [0.717, 1.165) is 12.2 Å². The first-order valence-corrected chi connectivity index (χ1v) is 15.0. The van der Waals surface area contributed by atoms with Crippen LogP contribution < -0.4 is 0 Å². The summed E-state index contributed by atoms with van der Waals surface area (Å²) in [6.07, 6.45) is 4.43. The molecule has 0 saturated heterocycles. The quantitative estimate of drug-likeness (QED) is 0.448. The van der Waals surface area contributed by atoms with Gasteiger partial charge in [-0.1, -0.05) is 48.5 Å². The van der Waals surface area contributed by atoms with Gasteiger partial charge < -0.3 is 0 Å². The Hall–Kier alpha value is 1.12. The van der Waals surface area contributed by atoms with Crippen molar-refractivity contribution in [1.82, 2.24) is 9.97 Å². The molecule has 0 amide bonds. The van der Waals surface area contributed by atoms with E-state index in [1.807, 2.05) is 54.5 Å². The molecule has 0 saturated carbocycles. The molecule has 0 fully saturated rings. The van der Waals surface area contributed by atoms with Crippen LogP contribution in [0.3, 0.4) is 0 Å². The second-order valence-corrected chi connectivity index (χ2v) is 13.4. The Morgan fingerprint density at radius 3 is 1.41 bits per heavy atom. The number of aromatic nitrogens is 2. The van der Waals surface area contributed by atoms with Crippen LogP contribution in [-0.4, -0.2) is 9.97 Å². The van der Waals surface area contributed by atoms with Crippen molar-refractivity contribution >= 4 is 40.0 Å². The van der Waals surface area contributed by atoms with Gasteiger partial charge in [-0.15, -0.1) is 0 Å². The summed E-state index contributed by atoms with van der Waals surface area (Å²) in [6, 6.07) is 1.82. The Kier molecular flexibility index (Phi) is 56.4. The average Bonchev–Trinajstić information content (AvgIpc) is 2.47. The summed E-state index contributed by atoms with van der Waals surface area (Å²) in [4.78, 5) is 7.97. The van der Waals surface area contributed by atoms with Gasteiger partial charge in [-0.3, -0.25) is 0 Å². The van der Waals surface area contributed by atoms with Crippen LogP contribution in [0.4, 0.5) is 0 Å². The molecule has 0 radical (unpaired) electrons. The third-order valence-corrected chi connectivity index (χ3v) is 0.935. The van der Waals surface area contributed by atoms with Crippen LogP contribution in [0.1, 0.15) is 54.3 Å². The predicted octanol–water partition coefficient (Wildman–Crippen LogP) is 5.89. The summed E-state index contributed by atoms with van der Waals surface area (Å²) in [7, 11) is 0.628. The van der Waals surface area contributed by atoms with Crippen molar-refractivity contribution in [3.63, 3.8) is 0 Å². The summed E-state index contributed by atoms with van der Waals surface area (Å²) < 4.78 is 0. The first kappa shape index (κ1) is 26.6. The first-order chi connectivity index (χ1) is 8.35. The van der Waals surface area contributed by atoms with Crippen molar-refractivity contribution in [3.8, 4) is 0 Å². The second-order valence-electron chi connectivity index (χ2n) is 1.58. The van der Waals surface area contributed by atoms with E-state index in [9.17, 15) is 0 Å². The fourth-order valence-corrected chi connectivity index (χ4v) is 0.513. The van der Waals surface area contributed by atoms with Gasteiger partial charge in [-0.25, -0.2) is 9.97 Å². The van der Waals surface area contributed by atoms with Gasteiger partial charge in [-0.2, -0.15) is 0 Å². The van der Waals surface area contributed by atoms with Crippen molar-refractivity contribution in [1.29, 1.82) is 0 Å². The van der Waals surface area contributed by atoms with Crippen LogP contribution in [0.5, 0.6) is 0 Å². The van der Waals surface area contributed by atoms with Crippen LogP contribution in [0.15, 0.2) is 18.5 Å². The van der Waals surface area contributed by atoms with Crippen molar-refractivity contribution in [2.45, 2.75) is 54.9 Å². The van der Waals surface area contributed by atoms with Crippen LogP contribution in [0.2, 0.25) is 0 Å². The van der Waals surface area contributed by atoms with Crippen LogP contribution in [-0.2, 0) is 15.9 Å². The Morgan fingerprint density at radius 2 is 1.24 bits per heavy atom. The molecule has 0 spiro atoms. The Bertz CT molecular complexity index is 175. The molecule has 0 atom stereocenters. The molecule has 0 aliphatic carbocycles. The zero-order valence-corrected chi connectivity index (χ0v) is 17.7. The molecule has 103 valence electrons. The summed E-state index contributed by atoms with van der Waals surface area (Å²) in [5.41, 5.74) is 0. The van der Waals surface area contributed by atoms with E-state index in [1.165, 1.54) is 0 Å². The van der Waals surface area contributed by atoms with Crippen molar-refractivity contribution < 1.29 is 9.47 Å². The molecule has 0 bridgehead atoms. The van der Waals surface area contributed by atoms with Gasteiger partial charge in [0.05, 0.1) is 0 Å². The van der Waals surface area contributed by atoms with Gasteiger partial charge in [-0.05, 0) is 6.07 Å². The number of nitrogens with zero attached hydrogens (tertiary/aromatic N) is 2. The predicted molar refractivity (Wildman–Crippen MR) is 93.5 cm³/mol. The van der Waals surface area contributed by atoms with Crippen molar-refractivity contribution in [2.24, 2.45) is 0 Å². The zero-order chi connectivity index (χ0) is 14.5. The molecular formula is C12H26I2N2V. The molecule has 5 heteroatoms. The number of hydrogen-bond donors (Lipinski definition) is 0. The fraction of sp³-hybridized carbons (Fsp3) is 0.667. The topological polar surface area (TPSA) is 25.8 Å². The molecule has 1 aromatic heterocycles. The number of halogens is 2. The molecule has 1 aromatic rings. The van der Waals surface area contributed by atoms with Crippen LogP contribution in [0, 0.1) is 0 Å².